The summed E-state index contributed by atoms with van der Waals surface area (Å²) in [5, 5.41) is 8.57. The van der Waals surface area contributed by atoms with Crippen LogP contribution in [-0.2, 0) is 14.3 Å². The summed E-state index contributed by atoms with van der Waals surface area (Å²) in [5.74, 6) is -2.10. The molecule has 0 bridgehead atoms. The van der Waals surface area contributed by atoms with Crippen molar-refractivity contribution in [3.63, 3.8) is 0 Å². The average molecular weight is 200 g/mol. The Balaban J connectivity index is 2.09. The maximum Gasteiger partial charge on any atom is 0.309 e. The molecule has 0 aromatic carbocycles. The number of ether oxygens (including phenoxy) is 1. The van der Waals surface area contributed by atoms with Crippen LogP contribution in [0.5, 0.6) is 0 Å². The van der Waals surface area contributed by atoms with Crippen LogP contribution >= 0.6 is 0 Å². The second-order valence-electron chi connectivity index (χ2n) is 3.66. The van der Waals surface area contributed by atoms with E-state index in [0.29, 0.717) is 13.0 Å². The second-order valence-corrected chi connectivity index (χ2v) is 3.66. The Morgan fingerprint density at radius 1 is 1.36 bits per heavy atom. The lowest BCUT2D eigenvalue weighted by molar-refractivity contribution is -0.148. The Morgan fingerprint density at radius 2 is 2.07 bits per heavy atom. The summed E-state index contributed by atoms with van der Waals surface area (Å²) in [7, 11) is 0. The standard InChI is InChI=1S/C10H16O4/c1-2-3-4-5-14-10(13)8-6-7(8)9(11)12/h7-8H,2-6H2,1H3,(H,11,12)/t7-,8-/m1/s1. The molecule has 1 rings (SSSR count). The Hall–Kier alpha value is -1.06. The highest BCUT2D eigenvalue weighted by Gasteiger charge is 2.49. The van der Waals surface area contributed by atoms with Crippen LogP contribution in [0.4, 0.5) is 0 Å². The van der Waals surface area contributed by atoms with Gasteiger partial charge in [0, 0.05) is 0 Å². The van der Waals surface area contributed by atoms with Crippen LogP contribution in [0.25, 0.3) is 0 Å². The van der Waals surface area contributed by atoms with Gasteiger partial charge in [0.1, 0.15) is 0 Å². The topological polar surface area (TPSA) is 63.6 Å². The van der Waals surface area contributed by atoms with E-state index in [0.717, 1.165) is 19.3 Å². The van der Waals surface area contributed by atoms with Crippen molar-refractivity contribution >= 4 is 11.9 Å². The van der Waals surface area contributed by atoms with Crippen molar-refractivity contribution in [1.82, 2.24) is 0 Å². The van der Waals surface area contributed by atoms with Crippen LogP contribution in [0.2, 0.25) is 0 Å². The van der Waals surface area contributed by atoms with Crippen molar-refractivity contribution in [1.29, 1.82) is 0 Å². The van der Waals surface area contributed by atoms with E-state index in [-0.39, 0.29) is 11.9 Å². The molecule has 0 aromatic heterocycles. The van der Waals surface area contributed by atoms with Crippen molar-refractivity contribution in [2.45, 2.75) is 32.6 Å². The smallest absolute Gasteiger partial charge is 0.309 e. The number of esters is 1. The predicted molar refractivity (Wildman–Crippen MR) is 49.7 cm³/mol. The van der Waals surface area contributed by atoms with Crippen LogP contribution in [-0.4, -0.2) is 23.7 Å². The van der Waals surface area contributed by atoms with Gasteiger partial charge in [-0.2, -0.15) is 0 Å². The van der Waals surface area contributed by atoms with Crippen molar-refractivity contribution in [3.05, 3.63) is 0 Å². The van der Waals surface area contributed by atoms with Crippen molar-refractivity contribution in [2.75, 3.05) is 6.61 Å². The van der Waals surface area contributed by atoms with E-state index in [2.05, 4.69) is 6.92 Å². The van der Waals surface area contributed by atoms with Gasteiger partial charge in [-0.15, -0.1) is 0 Å². The first-order valence-corrected chi connectivity index (χ1v) is 5.06. The Morgan fingerprint density at radius 3 is 2.57 bits per heavy atom. The molecule has 1 aliphatic rings. The molecular weight excluding hydrogens is 184 g/mol. The monoisotopic (exact) mass is 200 g/mol. The molecule has 80 valence electrons. The molecule has 0 unspecified atom stereocenters. The summed E-state index contributed by atoms with van der Waals surface area (Å²) in [5.41, 5.74) is 0. The molecule has 0 radical (unpaired) electrons. The second kappa shape index (κ2) is 4.98. The number of carbonyl (C=O) groups is 2. The quantitative estimate of drug-likeness (QED) is 0.520. The molecule has 0 heterocycles. The van der Waals surface area contributed by atoms with Gasteiger partial charge in [-0.1, -0.05) is 19.8 Å². The van der Waals surface area contributed by atoms with Gasteiger partial charge in [0.25, 0.3) is 0 Å². The summed E-state index contributed by atoms with van der Waals surface area (Å²) >= 11 is 0. The molecule has 0 saturated heterocycles. The highest BCUT2D eigenvalue weighted by Crippen LogP contribution is 2.39. The van der Waals surface area contributed by atoms with Crippen molar-refractivity contribution < 1.29 is 19.4 Å². The van der Waals surface area contributed by atoms with Gasteiger partial charge in [0.15, 0.2) is 0 Å². The third-order valence-corrected chi connectivity index (χ3v) is 2.40. The first-order chi connectivity index (χ1) is 6.66. The number of carboxylic acid groups (broad SMARTS) is 1. The average Bonchev–Trinajstić information content (AvgIpc) is 2.91. The normalized spacial score (nSPS) is 24.4. The van der Waals surface area contributed by atoms with E-state index in [9.17, 15) is 9.59 Å². The van der Waals surface area contributed by atoms with Crippen LogP contribution < -0.4 is 0 Å². The zero-order valence-electron chi connectivity index (χ0n) is 8.36. The van der Waals surface area contributed by atoms with Gasteiger partial charge in [-0.3, -0.25) is 9.59 Å². The van der Waals surface area contributed by atoms with Gasteiger partial charge in [-0.05, 0) is 12.8 Å². The maximum atomic E-state index is 11.2. The maximum absolute atomic E-state index is 11.2. The van der Waals surface area contributed by atoms with Gasteiger partial charge in [0.05, 0.1) is 18.4 Å². The fourth-order valence-electron chi connectivity index (χ4n) is 1.36. The number of carboxylic acids is 1. The van der Waals surface area contributed by atoms with Crippen molar-refractivity contribution in [2.24, 2.45) is 11.8 Å². The Labute approximate surface area is 83.2 Å². The van der Waals surface area contributed by atoms with E-state index in [1.165, 1.54) is 0 Å². The molecule has 1 aliphatic carbocycles. The highest BCUT2D eigenvalue weighted by atomic mass is 16.5. The molecule has 4 heteroatoms. The molecule has 2 atom stereocenters. The van der Waals surface area contributed by atoms with E-state index in [1.54, 1.807) is 0 Å². The first-order valence-electron chi connectivity index (χ1n) is 5.06. The number of unbranched alkanes of at least 4 members (excludes halogenated alkanes) is 2. The minimum absolute atomic E-state index is 0.339. The summed E-state index contributed by atoms with van der Waals surface area (Å²) in [6, 6.07) is 0. The van der Waals surface area contributed by atoms with E-state index >= 15 is 0 Å². The highest BCUT2D eigenvalue weighted by molar-refractivity contribution is 5.86. The third kappa shape index (κ3) is 3.01. The summed E-state index contributed by atoms with van der Waals surface area (Å²) < 4.78 is 4.95. The fraction of sp³-hybridized carbons (Fsp3) is 0.800. The molecule has 0 aromatic rings. The van der Waals surface area contributed by atoms with Gasteiger partial charge in [-0.25, -0.2) is 0 Å². The first kappa shape index (κ1) is 11.0. The Bertz CT molecular complexity index is 224. The minimum Gasteiger partial charge on any atom is -0.481 e. The summed E-state index contributed by atoms with van der Waals surface area (Å²) in [6.07, 6.45) is 3.44. The molecule has 4 nitrogen and oxygen atoms in total. The molecule has 0 aliphatic heterocycles. The molecule has 1 saturated carbocycles. The number of carbonyl (C=O) groups excluding carboxylic acids is 1. The zero-order valence-corrected chi connectivity index (χ0v) is 8.36. The number of hydrogen-bond acceptors (Lipinski definition) is 3. The SMILES string of the molecule is CCCCCOC(=O)[C@@H]1C[C@H]1C(=O)O. The summed E-state index contributed by atoms with van der Waals surface area (Å²) in [4.78, 5) is 21.6. The molecule has 0 spiro atoms. The van der Waals surface area contributed by atoms with E-state index < -0.39 is 11.9 Å². The molecular formula is C10H16O4. The third-order valence-electron chi connectivity index (χ3n) is 2.40. The minimum atomic E-state index is -0.888. The molecule has 14 heavy (non-hydrogen) atoms. The van der Waals surface area contributed by atoms with Crippen LogP contribution in [0.3, 0.4) is 0 Å². The van der Waals surface area contributed by atoms with Crippen LogP contribution in [0.15, 0.2) is 0 Å². The molecule has 1 fully saturated rings. The fourth-order valence-corrected chi connectivity index (χ4v) is 1.36. The largest absolute Gasteiger partial charge is 0.481 e. The lowest BCUT2D eigenvalue weighted by Crippen LogP contribution is -2.12. The zero-order chi connectivity index (χ0) is 10.6. The lowest BCUT2D eigenvalue weighted by Gasteiger charge is -2.02. The molecule has 0 amide bonds. The van der Waals surface area contributed by atoms with Crippen LogP contribution in [0.1, 0.15) is 32.6 Å². The molecule has 1 N–H and O–H groups in total. The summed E-state index contributed by atoms with van der Waals surface area (Å²) in [6.45, 7) is 2.50. The van der Waals surface area contributed by atoms with Gasteiger partial charge in [0.2, 0.25) is 0 Å². The number of rotatable bonds is 6. The van der Waals surface area contributed by atoms with E-state index in [4.69, 9.17) is 9.84 Å². The lowest BCUT2D eigenvalue weighted by atomic mass is 10.3. The van der Waals surface area contributed by atoms with Gasteiger partial charge >= 0.3 is 11.9 Å². The van der Waals surface area contributed by atoms with Crippen LogP contribution in [0, 0.1) is 11.8 Å². The van der Waals surface area contributed by atoms with Gasteiger partial charge < -0.3 is 9.84 Å². The Kier molecular flexibility index (Phi) is 3.92. The van der Waals surface area contributed by atoms with Crippen molar-refractivity contribution in [3.8, 4) is 0 Å². The number of hydrogen-bond donors (Lipinski definition) is 1. The van der Waals surface area contributed by atoms with E-state index in [1.807, 2.05) is 0 Å². The number of aliphatic carboxylic acids is 1. The predicted octanol–water partition coefficient (Wildman–Crippen LogP) is 1.44.